The van der Waals surface area contributed by atoms with Gasteiger partial charge < -0.3 is 29.6 Å². The van der Waals surface area contributed by atoms with Gasteiger partial charge in [-0.2, -0.15) is 0 Å². The minimum Gasteiger partial charge on any atom is -0.467 e. The topological polar surface area (TPSA) is 118 Å². The smallest absolute Gasteiger partial charge is 0.199 e. The highest BCUT2D eigenvalue weighted by molar-refractivity contribution is 6.06. The van der Waals surface area contributed by atoms with E-state index in [4.69, 9.17) is 14.2 Å². The Bertz CT molecular complexity index is 1560. The molecule has 0 saturated heterocycles. The second kappa shape index (κ2) is 13.7. The number of ether oxygens (including phenoxy) is 3. The predicted octanol–water partition coefficient (Wildman–Crippen LogP) is 5.46. The van der Waals surface area contributed by atoms with Crippen molar-refractivity contribution in [3.05, 3.63) is 130 Å². The van der Waals surface area contributed by atoms with Crippen LogP contribution in [0.15, 0.2) is 90.1 Å². The predicted molar refractivity (Wildman–Crippen MR) is 140 cm³/mol. The number of carbonyl (C=O) groups is 1. The van der Waals surface area contributed by atoms with Crippen LogP contribution >= 0.6 is 0 Å². The summed E-state index contributed by atoms with van der Waals surface area (Å²) in [6, 6.07) is 15.6. The lowest BCUT2D eigenvalue weighted by Gasteiger charge is -2.17. The Morgan fingerprint density at radius 2 is 1.07 bits per heavy atom. The van der Waals surface area contributed by atoms with Gasteiger partial charge in [-0.1, -0.05) is 29.4 Å². The summed E-state index contributed by atoms with van der Waals surface area (Å²) in [7, 11) is 0. The van der Waals surface area contributed by atoms with E-state index in [2.05, 4.69) is 5.16 Å². The highest BCUT2D eigenvalue weighted by Gasteiger charge is 2.24. The number of halogens is 4. The molecule has 0 aromatic heterocycles. The normalized spacial score (nSPS) is 13.0. The van der Waals surface area contributed by atoms with E-state index in [0.29, 0.717) is 0 Å². The first-order chi connectivity index (χ1) is 20.2. The standard InChI is InChI=1S/C30H23F4NO7/c31-19-5-1-17(2-6-19)28(36)27(35-39)23-11-9-21(33)13-25(23)41-15-40-16-42-26-14-22(34)10-12-24(26)30(38)29(37)18-3-7-20(32)8-4-18/h1-14,28-29,36-37,39H,15-16H2. The fraction of sp³-hybridized carbons (Fsp3) is 0.133. The van der Waals surface area contributed by atoms with Crippen LogP contribution < -0.4 is 9.47 Å². The second-order valence-corrected chi connectivity index (χ2v) is 8.77. The first-order valence-corrected chi connectivity index (χ1v) is 12.2. The highest BCUT2D eigenvalue weighted by Crippen LogP contribution is 2.29. The molecule has 4 aromatic rings. The molecule has 2 unspecified atom stereocenters. The Kier molecular flexibility index (Phi) is 9.86. The quantitative estimate of drug-likeness (QED) is 0.0385. The fourth-order valence-electron chi connectivity index (χ4n) is 3.89. The third kappa shape index (κ3) is 7.29. The largest absolute Gasteiger partial charge is 0.467 e. The molecule has 0 aliphatic rings. The molecule has 0 aliphatic carbocycles. The van der Waals surface area contributed by atoms with Crippen molar-refractivity contribution in [2.45, 2.75) is 12.2 Å². The molecule has 3 N–H and O–H groups in total. The van der Waals surface area contributed by atoms with Gasteiger partial charge in [-0.15, -0.1) is 0 Å². The number of oxime groups is 1. The second-order valence-electron chi connectivity index (χ2n) is 8.77. The molecule has 0 amide bonds. The van der Waals surface area contributed by atoms with Gasteiger partial charge in [0.15, 0.2) is 19.4 Å². The third-order valence-corrected chi connectivity index (χ3v) is 6.01. The van der Waals surface area contributed by atoms with Crippen LogP contribution in [0, 0.1) is 23.3 Å². The van der Waals surface area contributed by atoms with Crippen LogP contribution in [0.3, 0.4) is 0 Å². The van der Waals surface area contributed by atoms with E-state index in [1.807, 2.05) is 0 Å². The van der Waals surface area contributed by atoms with Crippen molar-refractivity contribution in [1.29, 1.82) is 0 Å². The maximum absolute atomic E-state index is 14.0. The molecule has 0 fully saturated rings. The number of aliphatic hydroxyl groups excluding tert-OH is 2. The van der Waals surface area contributed by atoms with Crippen LogP contribution in [0.5, 0.6) is 11.5 Å². The number of hydrogen-bond acceptors (Lipinski definition) is 8. The van der Waals surface area contributed by atoms with Gasteiger partial charge in [0.25, 0.3) is 0 Å². The average molecular weight is 586 g/mol. The third-order valence-electron chi connectivity index (χ3n) is 6.01. The van der Waals surface area contributed by atoms with E-state index in [1.165, 1.54) is 30.3 Å². The molecule has 218 valence electrons. The average Bonchev–Trinajstić information content (AvgIpc) is 2.98. The number of Topliss-reactive ketones (excluding diaryl/α,β-unsaturated/α-hetero) is 1. The molecule has 0 spiro atoms. The Balaban J connectivity index is 1.42. The van der Waals surface area contributed by atoms with Gasteiger partial charge >= 0.3 is 0 Å². The van der Waals surface area contributed by atoms with Crippen LogP contribution in [-0.2, 0) is 4.74 Å². The van der Waals surface area contributed by atoms with E-state index in [9.17, 15) is 37.8 Å². The molecule has 0 saturated carbocycles. The van der Waals surface area contributed by atoms with Gasteiger partial charge in [0.2, 0.25) is 0 Å². The summed E-state index contributed by atoms with van der Waals surface area (Å²) in [6.07, 6.45) is -3.21. The van der Waals surface area contributed by atoms with Crippen molar-refractivity contribution in [1.82, 2.24) is 0 Å². The van der Waals surface area contributed by atoms with Gasteiger partial charge in [-0.3, -0.25) is 4.79 Å². The lowest BCUT2D eigenvalue weighted by molar-refractivity contribution is -0.0541. The first kappa shape index (κ1) is 30.2. The van der Waals surface area contributed by atoms with Crippen molar-refractivity contribution in [2.75, 3.05) is 13.6 Å². The number of ketones is 1. The summed E-state index contributed by atoms with van der Waals surface area (Å²) >= 11 is 0. The first-order valence-electron chi connectivity index (χ1n) is 12.2. The molecule has 0 aliphatic heterocycles. The summed E-state index contributed by atoms with van der Waals surface area (Å²) in [4.78, 5) is 12.9. The number of hydrogen-bond donors (Lipinski definition) is 3. The maximum atomic E-state index is 14.0. The van der Waals surface area contributed by atoms with Crippen LogP contribution in [0.2, 0.25) is 0 Å². The highest BCUT2D eigenvalue weighted by atomic mass is 19.1. The molecule has 2 atom stereocenters. The molecule has 42 heavy (non-hydrogen) atoms. The van der Waals surface area contributed by atoms with Crippen molar-refractivity contribution >= 4 is 11.5 Å². The molecule has 8 nitrogen and oxygen atoms in total. The fourth-order valence-corrected chi connectivity index (χ4v) is 3.89. The monoisotopic (exact) mass is 585 g/mol. The summed E-state index contributed by atoms with van der Waals surface area (Å²) < 4.78 is 70.4. The van der Waals surface area contributed by atoms with Crippen LogP contribution in [0.1, 0.15) is 39.3 Å². The number of carbonyl (C=O) groups excluding carboxylic acids is 1. The summed E-state index contributed by atoms with van der Waals surface area (Å²) in [6.45, 7) is -1.15. The maximum Gasteiger partial charge on any atom is 0.199 e. The molecule has 4 aromatic carbocycles. The van der Waals surface area contributed by atoms with Gasteiger partial charge in [-0.05, 0) is 59.7 Å². The number of rotatable bonds is 12. The minimum atomic E-state index is -1.68. The molecule has 0 radical (unpaired) electrons. The number of aliphatic hydroxyl groups is 2. The molecule has 0 bridgehead atoms. The Morgan fingerprint density at radius 3 is 1.57 bits per heavy atom. The number of benzene rings is 4. The van der Waals surface area contributed by atoms with Crippen molar-refractivity contribution in [3.8, 4) is 11.5 Å². The van der Waals surface area contributed by atoms with E-state index in [1.54, 1.807) is 0 Å². The molecular weight excluding hydrogens is 562 g/mol. The molecule has 0 heterocycles. The van der Waals surface area contributed by atoms with Crippen molar-refractivity contribution in [3.63, 3.8) is 0 Å². The Morgan fingerprint density at radius 1 is 0.643 bits per heavy atom. The lowest BCUT2D eigenvalue weighted by atomic mass is 9.98. The van der Waals surface area contributed by atoms with Gasteiger partial charge in [0.1, 0.15) is 52.7 Å². The SMILES string of the molecule is O=C(c1ccc(F)cc1OCOCOc1cc(F)ccc1C(=NO)C(O)c1ccc(F)cc1)C(O)c1ccc(F)cc1. The Labute approximate surface area is 236 Å². The number of nitrogens with zero attached hydrogens (tertiary/aromatic N) is 1. The van der Waals surface area contributed by atoms with Crippen molar-refractivity contribution < 1.29 is 52.0 Å². The van der Waals surface area contributed by atoms with E-state index < -0.39 is 54.8 Å². The molecule has 4 rings (SSSR count). The van der Waals surface area contributed by atoms with Gasteiger partial charge in [0.05, 0.1) is 5.56 Å². The summed E-state index contributed by atoms with van der Waals surface area (Å²) in [5, 5.41) is 33.8. The van der Waals surface area contributed by atoms with Gasteiger partial charge in [0, 0.05) is 17.7 Å². The molecular formula is C30H23F4NO7. The van der Waals surface area contributed by atoms with E-state index in [0.717, 1.165) is 54.6 Å². The van der Waals surface area contributed by atoms with Crippen molar-refractivity contribution in [2.24, 2.45) is 5.16 Å². The summed E-state index contributed by atoms with van der Waals surface area (Å²) in [5.41, 5.74) is -0.205. The zero-order chi connectivity index (χ0) is 30.2. The zero-order valence-electron chi connectivity index (χ0n) is 21.6. The van der Waals surface area contributed by atoms with E-state index >= 15 is 0 Å². The zero-order valence-corrected chi connectivity index (χ0v) is 21.6. The van der Waals surface area contributed by atoms with E-state index in [-0.39, 0.29) is 39.5 Å². The van der Waals surface area contributed by atoms with Crippen LogP contribution in [0.4, 0.5) is 17.6 Å². The van der Waals surface area contributed by atoms with Crippen LogP contribution in [0.25, 0.3) is 0 Å². The Hall–Kier alpha value is -4.78. The van der Waals surface area contributed by atoms with Gasteiger partial charge in [-0.25, -0.2) is 17.6 Å². The lowest BCUT2D eigenvalue weighted by Crippen LogP contribution is -2.17. The summed E-state index contributed by atoms with van der Waals surface area (Å²) in [5.74, 6) is -3.85. The molecule has 12 heteroatoms. The minimum absolute atomic E-state index is 0.00645. The van der Waals surface area contributed by atoms with Crippen LogP contribution in [-0.4, -0.2) is 40.5 Å².